The molecule has 0 unspecified atom stereocenters. The molecule has 1 aromatic heterocycles. The van der Waals surface area contributed by atoms with E-state index in [1.54, 1.807) is 0 Å². The molecule has 0 aliphatic heterocycles. The maximum absolute atomic E-state index is 10.4. The van der Waals surface area contributed by atoms with Crippen LogP contribution in [0.15, 0.2) is 10.9 Å². The van der Waals surface area contributed by atoms with Crippen molar-refractivity contribution in [3.63, 3.8) is 0 Å². The lowest BCUT2D eigenvalue weighted by Gasteiger charge is -1.84. The molecule has 0 amide bonds. The van der Waals surface area contributed by atoms with Gasteiger partial charge in [0.2, 0.25) is 0 Å². The number of nitrogens with zero attached hydrogens (tertiary/aromatic N) is 1. The number of aromatic amines is 1. The zero-order valence-electron chi connectivity index (χ0n) is 4.74. The fourth-order valence-electron chi connectivity index (χ4n) is 0.496. The molecule has 1 aromatic rings. The number of carboxylic acid groups (broad SMARTS) is 1. The second kappa shape index (κ2) is 1.90. The Bertz CT molecular complexity index is 309. The number of nitrogens with one attached hydrogen (secondary N) is 1. The van der Waals surface area contributed by atoms with Crippen molar-refractivity contribution >= 4 is 5.97 Å². The minimum Gasteiger partial charge on any atom is -0.477 e. The molecule has 1 rings (SSSR count). The van der Waals surface area contributed by atoms with E-state index in [-0.39, 0.29) is 10.5 Å². The van der Waals surface area contributed by atoms with Crippen LogP contribution in [0.4, 0.5) is 0 Å². The molecule has 0 fully saturated rings. The second-order valence-corrected chi connectivity index (χ2v) is 1.63. The fraction of sp³-hybridized carbons (Fsp3) is 0. The highest BCUT2D eigenvalue weighted by atomic mass is 16.5. The molecule has 0 bridgehead atoms. The molecule has 0 saturated heterocycles. The first-order chi connectivity index (χ1) is 4.61. The van der Waals surface area contributed by atoms with Crippen molar-refractivity contribution in [1.29, 1.82) is 0 Å². The van der Waals surface area contributed by atoms with Crippen LogP contribution in [-0.2, 0) is 0 Å². The van der Waals surface area contributed by atoms with Crippen LogP contribution in [0.25, 0.3) is 0 Å². The molecule has 0 saturated carbocycles. The van der Waals surface area contributed by atoms with Crippen LogP contribution in [0, 0.1) is 0 Å². The Hall–Kier alpha value is -1.72. The van der Waals surface area contributed by atoms with Gasteiger partial charge in [0.25, 0.3) is 0 Å². The molecule has 0 atom stereocenters. The Morgan fingerprint density at radius 1 is 1.70 bits per heavy atom. The topological polar surface area (TPSA) is 95.3 Å². The number of rotatable bonds is 1. The van der Waals surface area contributed by atoms with Crippen LogP contribution < -0.4 is 5.56 Å². The van der Waals surface area contributed by atoms with Gasteiger partial charge in [0, 0.05) is 6.07 Å². The summed E-state index contributed by atoms with van der Waals surface area (Å²) < 4.78 is 0. The van der Waals surface area contributed by atoms with Gasteiger partial charge in [-0.1, -0.05) is 4.85 Å². The van der Waals surface area contributed by atoms with Gasteiger partial charge in [-0.15, -0.1) is 0 Å². The van der Waals surface area contributed by atoms with Crippen molar-refractivity contribution < 1.29 is 15.1 Å². The molecular formula is C4H4N2O4. The standard InChI is InChI=1S/C4H4N2O4/c7-3-1-2(4(8)9)5-6(3)10/h1,5,10H,(H,8,9). The third kappa shape index (κ3) is 0.859. The van der Waals surface area contributed by atoms with Gasteiger partial charge in [-0.25, -0.2) is 4.79 Å². The van der Waals surface area contributed by atoms with E-state index in [1.165, 1.54) is 0 Å². The van der Waals surface area contributed by atoms with Crippen LogP contribution in [0.1, 0.15) is 10.5 Å². The van der Waals surface area contributed by atoms with Crippen LogP contribution in [0.5, 0.6) is 0 Å². The summed E-state index contributed by atoms with van der Waals surface area (Å²) in [5.41, 5.74) is -1.13. The third-order valence-electron chi connectivity index (χ3n) is 0.933. The molecule has 0 aromatic carbocycles. The minimum absolute atomic E-state index is 0.101. The van der Waals surface area contributed by atoms with E-state index in [0.29, 0.717) is 0 Å². The lowest BCUT2D eigenvalue weighted by atomic mass is 10.4. The average Bonchev–Trinajstić information content (AvgIpc) is 2.13. The van der Waals surface area contributed by atoms with Gasteiger partial charge in [-0.2, -0.15) is 0 Å². The largest absolute Gasteiger partial charge is 0.477 e. The third-order valence-corrected chi connectivity index (χ3v) is 0.933. The first kappa shape index (κ1) is 6.40. The number of carbonyl (C=O) groups is 1. The van der Waals surface area contributed by atoms with Crippen molar-refractivity contribution in [3.8, 4) is 0 Å². The summed E-state index contributed by atoms with van der Waals surface area (Å²) in [6.45, 7) is 0. The maximum Gasteiger partial charge on any atom is 0.354 e. The van der Waals surface area contributed by atoms with Gasteiger partial charge in [0.05, 0.1) is 0 Å². The zero-order valence-corrected chi connectivity index (χ0v) is 4.74. The number of hydrogen-bond acceptors (Lipinski definition) is 3. The average molecular weight is 144 g/mol. The van der Waals surface area contributed by atoms with Crippen molar-refractivity contribution in [2.45, 2.75) is 0 Å². The van der Waals surface area contributed by atoms with E-state index in [4.69, 9.17) is 10.3 Å². The van der Waals surface area contributed by atoms with Gasteiger partial charge in [-0.05, 0) is 0 Å². The van der Waals surface area contributed by atoms with E-state index < -0.39 is 11.5 Å². The summed E-state index contributed by atoms with van der Waals surface area (Å²) >= 11 is 0. The molecule has 0 radical (unpaired) electrons. The Kier molecular flexibility index (Phi) is 1.22. The van der Waals surface area contributed by atoms with E-state index >= 15 is 0 Å². The van der Waals surface area contributed by atoms with Crippen LogP contribution >= 0.6 is 0 Å². The molecule has 54 valence electrons. The van der Waals surface area contributed by atoms with E-state index in [0.717, 1.165) is 6.07 Å². The van der Waals surface area contributed by atoms with Crippen molar-refractivity contribution in [1.82, 2.24) is 9.94 Å². The SMILES string of the molecule is O=C(O)c1cc(=O)n(O)[nH]1. The highest BCUT2D eigenvalue weighted by Gasteiger charge is 2.06. The molecule has 0 aliphatic rings. The van der Waals surface area contributed by atoms with Crippen LogP contribution in [-0.4, -0.2) is 26.2 Å². The molecule has 10 heavy (non-hydrogen) atoms. The highest BCUT2D eigenvalue weighted by molar-refractivity contribution is 5.84. The lowest BCUT2D eigenvalue weighted by molar-refractivity contribution is 0.0678. The zero-order chi connectivity index (χ0) is 7.72. The minimum atomic E-state index is -1.29. The molecule has 3 N–H and O–H groups in total. The molecule has 1 heterocycles. The summed E-state index contributed by atoms with van der Waals surface area (Å²) in [5.74, 6) is -1.29. The molecule has 0 spiro atoms. The second-order valence-electron chi connectivity index (χ2n) is 1.63. The predicted octanol–water partition coefficient (Wildman–Crippen LogP) is -0.888. The number of H-pyrrole nitrogens is 1. The first-order valence-electron chi connectivity index (χ1n) is 2.36. The number of aromatic nitrogens is 2. The quantitative estimate of drug-likeness (QED) is 0.445. The summed E-state index contributed by atoms with van der Waals surface area (Å²) in [5, 5.41) is 18.6. The van der Waals surface area contributed by atoms with Gasteiger partial charge in [0.1, 0.15) is 5.69 Å². The first-order valence-corrected chi connectivity index (χ1v) is 2.36. The highest BCUT2D eigenvalue weighted by Crippen LogP contribution is 1.86. The van der Waals surface area contributed by atoms with Crippen molar-refractivity contribution in [2.24, 2.45) is 0 Å². The molecule has 0 aliphatic carbocycles. The van der Waals surface area contributed by atoms with Crippen molar-refractivity contribution in [3.05, 3.63) is 22.1 Å². The molecule has 6 heteroatoms. The Morgan fingerprint density at radius 2 is 2.30 bits per heavy atom. The maximum atomic E-state index is 10.4. The number of aromatic carboxylic acids is 1. The van der Waals surface area contributed by atoms with E-state index in [1.807, 2.05) is 5.10 Å². The lowest BCUT2D eigenvalue weighted by Crippen LogP contribution is -2.11. The smallest absolute Gasteiger partial charge is 0.354 e. The molecule has 6 nitrogen and oxygen atoms in total. The van der Waals surface area contributed by atoms with Crippen molar-refractivity contribution in [2.75, 3.05) is 0 Å². The van der Waals surface area contributed by atoms with Gasteiger partial charge < -0.3 is 10.3 Å². The molecular weight excluding hydrogens is 140 g/mol. The number of carboxylic acids is 1. The Balaban J connectivity index is 3.23. The monoisotopic (exact) mass is 144 g/mol. The van der Waals surface area contributed by atoms with Gasteiger partial charge in [0.15, 0.2) is 0 Å². The van der Waals surface area contributed by atoms with Gasteiger partial charge >= 0.3 is 11.5 Å². The Labute approximate surface area is 54.3 Å². The normalized spacial score (nSPS) is 9.60. The summed E-state index contributed by atoms with van der Waals surface area (Å²) in [6, 6.07) is 0.780. The van der Waals surface area contributed by atoms with Crippen LogP contribution in [0.2, 0.25) is 0 Å². The van der Waals surface area contributed by atoms with Crippen LogP contribution in [0.3, 0.4) is 0 Å². The Morgan fingerprint density at radius 3 is 2.50 bits per heavy atom. The predicted molar refractivity (Wildman–Crippen MR) is 29.2 cm³/mol. The number of hydrogen-bond donors (Lipinski definition) is 3. The fourth-order valence-corrected chi connectivity index (χ4v) is 0.496. The van der Waals surface area contributed by atoms with Gasteiger partial charge in [-0.3, -0.25) is 9.89 Å². The summed E-state index contributed by atoms with van der Waals surface area (Å²) in [4.78, 5) is 20.5. The summed E-state index contributed by atoms with van der Waals surface area (Å²) in [7, 11) is 0. The van der Waals surface area contributed by atoms with E-state index in [2.05, 4.69) is 0 Å². The van der Waals surface area contributed by atoms with E-state index in [9.17, 15) is 9.59 Å². The summed E-state index contributed by atoms with van der Waals surface area (Å²) in [6.07, 6.45) is 0.